The van der Waals surface area contributed by atoms with Gasteiger partial charge in [0.1, 0.15) is 0 Å². The summed E-state index contributed by atoms with van der Waals surface area (Å²) in [4.78, 5) is 16.1. The van der Waals surface area contributed by atoms with Crippen molar-refractivity contribution in [3.05, 3.63) is 23.8 Å². The number of esters is 1. The molecular formula is C13H17N3O2S. The smallest absolute Gasteiger partial charge is 0.338 e. The fourth-order valence-corrected chi connectivity index (χ4v) is 2.57. The molecule has 1 aromatic carbocycles. The number of nitrogens with zero attached hydrogens (tertiary/aromatic N) is 1. The first-order chi connectivity index (χ1) is 9.24. The summed E-state index contributed by atoms with van der Waals surface area (Å²) in [6.45, 7) is 3.64. The predicted octanol–water partition coefficient (Wildman–Crippen LogP) is 2.23. The van der Waals surface area contributed by atoms with E-state index in [1.54, 1.807) is 13.0 Å². The maximum atomic E-state index is 11.6. The molecule has 0 saturated carbocycles. The van der Waals surface area contributed by atoms with Crippen LogP contribution in [-0.4, -0.2) is 30.6 Å². The number of hydrogen-bond acceptors (Lipinski definition) is 6. The minimum absolute atomic E-state index is 0.296. The summed E-state index contributed by atoms with van der Waals surface area (Å²) in [6, 6.07) is 5.40. The van der Waals surface area contributed by atoms with Gasteiger partial charge >= 0.3 is 5.97 Å². The number of nitrogens with one attached hydrogen (secondary N) is 1. The van der Waals surface area contributed by atoms with E-state index in [4.69, 9.17) is 10.5 Å². The van der Waals surface area contributed by atoms with Gasteiger partial charge in [-0.3, -0.25) is 0 Å². The highest BCUT2D eigenvalue weighted by Gasteiger charge is 2.09. The van der Waals surface area contributed by atoms with Crippen LogP contribution in [0.2, 0.25) is 0 Å². The molecule has 0 bridgehead atoms. The number of nitrogens with two attached hydrogens (primary N) is 1. The predicted molar refractivity (Wildman–Crippen MR) is 77.7 cm³/mol. The van der Waals surface area contributed by atoms with Crippen molar-refractivity contribution in [2.24, 2.45) is 5.73 Å². The Hall–Kier alpha value is -1.66. The SMILES string of the molecule is CCOC(=O)c1ccc2nc(NCCCN)sc2c1. The molecule has 19 heavy (non-hydrogen) atoms. The molecule has 6 heteroatoms. The maximum Gasteiger partial charge on any atom is 0.338 e. The first kappa shape index (κ1) is 13.8. The molecule has 0 unspecified atom stereocenters. The fraction of sp³-hybridized carbons (Fsp3) is 0.385. The van der Waals surface area contributed by atoms with E-state index in [0.29, 0.717) is 18.7 Å². The highest BCUT2D eigenvalue weighted by molar-refractivity contribution is 7.22. The summed E-state index contributed by atoms with van der Waals surface area (Å²) < 4.78 is 5.95. The number of carbonyl (C=O) groups is 1. The molecule has 0 aliphatic rings. The van der Waals surface area contributed by atoms with Crippen LogP contribution in [-0.2, 0) is 4.74 Å². The lowest BCUT2D eigenvalue weighted by atomic mass is 10.2. The molecule has 0 fully saturated rings. The van der Waals surface area contributed by atoms with E-state index in [1.165, 1.54) is 11.3 Å². The van der Waals surface area contributed by atoms with Crippen LogP contribution in [0.3, 0.4) is 0 Å². The van der Waals surface area contributed by atoms with E-state index in [0.717, 1.165) is 28.3 Å². The molecule has 1 heterocycles. The number of fused-ring (bicyclic) bond motifs is 1. The summed E-state index contributed by atoms with van der Waals surface area (Å²) in [5.41, 5.74) is 6.89. The fourth-order valence-electron chi connectivity index (χ4n) is 1.64. The van der Waals surface area contributed by atoms with Gasteiger partial charge in [0.05, 0.1) is 22.4 Å². The molecule has 5 nitrogen and oxygen atoms in total. The van der Waals surface area contributed by atoms with Crippen molar-refractivity contribution in [2.75, 3.05) is 25.0 Å². The summed E-state index contributed by atoms with van der Waals surface area (Å²) in [5, 5.41) is 4.07. The average Bonchev–Trinajstić information content (AvgIpc) is 2.81. The molecule has 1 aromatic heterocycles. The number of ether oxygens (including phenoxy) is 1. The second kappa shape index (κ2) is 6.49. The second-order valence-corrected chi connectivity index (χ2v) is 5.02. The van der Waals surface area contributed by atoms with Gasteiger partial charge in [-0.2, -0.15) is 0 Å². The molecule has 0 radical (unpaired) electrons. The molecule has 0 aliphatic heterocycles. The Morgan fingerprint density at radius 1 is 1.53 bits per heavy atom. The van der Waals surface area contributed by atoms with Crippen molar-refractivity contribution in [1.29, 1.82) is 0 Å². The van der Waals surface area contributed by atoms with Crippen LogP contribution in [0, 0.1) is 0 Å². The lowest BCUT2D eigenvalue weighted by Gasteiger charge is -2.00. The number of rotatable bonds is 6. The Morgan fingerprint density at radius 3 is 3.11 bits per heavy atom. The molecule has 2 rings (SSSR count). The van der Waals surface area contributed by atoms with E-state index in [2.05, 4.69) is 10.3 Å². The van der Waals surface area contributed by atoms with Crippen molar-refractivity contribution >= 4 is 32.7 Å². The minimum atomic E-state index is -0.296. The molecule has 0 aliphatic carbocycles. The summed E-state index contributed by atoms with van der Waals surface area (Å²) in [5.74, 6) is -0.296. The summed E-state index contributed by atoms with van der Waals surface area (Å²) in [7, 11) is 0. The number of benzene rings is 1. The van der Waals surface area contributed by atoms with Crippen molar-refractivity contribution in [1.82, 2.24) is 4.98 Å². The van der Waals surface area contributed by atoms with Crippen LogP contribution in [0.15, 0.2) is 18.2 Å². The monoisotopic (exact) mass is 279 g/mol. The Labute approximate surface area is 115 Å². The van der Waals surface area contributed by atoms with Crippen molar-refractivity contribution in [2.45, 2.75) is 13.3 Å². The first-order valence-electron chi connectivity index (χ1n) is 6.26. The molecule has 0 amide bonds. The van der Waals surface area contributed by atoms with Crippen molar-refractivity contribution < 1.29 is 9.53 Å². The zero-order valence-electron chi connectivity index (χ0n) is 10.8. The van der Waals surface area contributed by atoms with Crippen LogP contribution in [0.4, 0.5) is 5.13 Å². The van der Waals surface area contributed by atoms with Gasteiger partial charge < -0.3 is 15.8 Å². The molecule has 0 saturated heterocycles. The quantitative estimate of drug-likeness (QED) is 0.626. The molecule has 2 aromatic rings. The third-order valence-corrected chi connectivity index (χ3v) is 3.53. The van der Waals surface area contributed by atoms with E-state index >= 15 is 0 Å². The standard InChI is InChI=1S/C13H17N3O2S/c1-2-18-12(17)9-4-5-10-11(8-9)19-13(16-10)15-7-3-6-14/h4-5,8H,2-3,6-7,14H2,1H3,(H,15,16). The number of aromatic nitrogens is 1. The van der Waals surface area contributed by atoms with Gasteiger partial charge in [0.15, 0.2) is 5.13 Å². The van der Waals surface area contributed by atoms with Crippen molar-refractivity contribution in [3.63, 3.8) is 0 Å². The van der Waals surface area contributed by atoms with Crippen LogP contribution < -0.4 is 11.1 Å². The van der Waals surface area contributed by atoms with Gasteiger partial charge in [0.25, 0.3) is 0 Å². The number of thiazole rings is 1. The third-order valence-electron chi connectivity index (χ3n) is 2.56. The van der Waals surface area contributed by atoms with E-state index in [9.17, 15) is 4.79 Å². The number of hydrogen-bond donors (Lipinski definition) is 2. The molecule has 3 N–H and O–H groups in total. The van der Waals surface area contributed by atoms with Gasteiger partial charge in [0, 0.05) is 6.54 Å². The van der Waals surface area contributed by atoms with Crippen LogP contribution in [0.25, 0.3) is 10.2 Å². The zero-order chi connectivity index (χ0) is 13.7. The maximum absolute atomic E-state index is 11.6. The van der Waals surface area contributed by atoms with Crippen LogP contribution in [0.5, 0.6) is 0 Å². The van der Waals surface area contributed by atoms with E-state index in [-0.39, 0.29) is 5.97 Å². The normalized spacial score (nSPS) is 10.6. The summed E-state index contributed by atoms with van der Waals surface area (Å²) >= 11 is 1.53. The lowest BCUT2D eigenvalue weighted by Crippen LogP contribution is -2.07. The highest BCUT2D eigenvalue weighted by Crippen LogP contribution is 2.26. The van der Waals surface area contributed by atoms with E-state index in [1.807, 2.05) is 12.1 Å². The number of carbonyl (C=O) groups excluding carboxylic acids is 1. The molecule has 102 valence electrons. The Kier molecular flexibility index (Phi) is 4.70. The Bertz CT molecular complexity index is 568. The van der Waals surface area contributed by atoms with Gasteiger partial charge in [-0.15, -0.1) is 0 Å². The second-order valence-electron chi connectivity index (χ2n) is 3.99. The summed E-state index contributed by atoms with van der Waals surface area (Å²) in [6.07, 6.45) is 0.907. The molecule has 0 spiro atoms. The van der Waals surface area contributed by atoms with Crippen molar-refractivity contribution in [3.8, 4) is 0 Å². The van der Waals surface area contributed by atoms with Crippen LogP contribution in [0.1, 0.15) is 23.7 Å². The topological polar surface area (TPSA) is 77.2 Å². The average molecular weight is 279 g/mol. The lowest BCUT2D eigenvalue weighted by molar-refractivity contribution is 0.0526. The van der Waals surface area contributed by atoms with Gasteiger partial charge in [-0.1, -0.05) is 11.3 Å². The Balaban J connectivity index is 2.16. The van der Waals surface area contributed by atoms with E-state index < -0.39 is 0 Å². The Morgan fingerprint density at radius 2 is 2.37 bits per heavy atom. The molecular weight excluding hydrogens is 262 g/mol. The number of anilines is 1. The largest absolute Gasteiger partial charge is 0.462 e. The first-order valence-corrected chi connectivity index (χ1v) is 7.08. The third kappa shape index (κ3) is 3.42. The zero-order valence-corrected chi connectivity index (χ0v) is 11.6. The highest BCUT2D eigenvalue weighted by atomic mass is 32.1. The van der Waals surface area contributed by atoms with Gasteiger partial charge in [-0.05, 0) is 38.1 Å². The van der Waals surface area contributed by atoms with Gasteiger partial charge in [0.2, 0.25) is 0 Å². The molecule has 0 atom stereocenters. The van der Waals surface area contributed by atoms with Gasteiger partial charge in [-0.25, -0.2) is 9.78 Å². The minimum Gasteiger partial charge on any atom is -0.462 e. The van der Waals surface area contributed by atoms with Crippen LogP contribution >= 0.6 is 11.3 Å².